The predicted molar refractivity (Wildman–Crippen MR) is 64.4 cm³/mol. The first-order valence-corrected chi connectivity index (χ1v) is 6.65. The Bertz CT molecular complexity index is 335. The Morgan fingerprint density at radius 2 is 2.06 bits per heavy atom. The summed E-state index contributed by atoms with van der Waals surface area (Å²) < 4.78 is 2.39. The van der Waals surface area contributed by atoms with Crippen LogP contribution in [0.1, 0.15) is 43.8 Å². The number of rotatable bonds is 4. The lowest BCUT2D eigenvalue weighted by Gasteiger charge is -2.22. The van der Waals surface area contributed by atoms with Gasteiger partial charge < -0.3 is 9.88 Å². The maximum atomic E-state index is 4.49. The van der Waals surface area contributed by atoms with Gasteiger partial charge in [0.25, 0.3) is 0 Å². The van der Waals surface area contributed by atoms with E-state index in [0.29, 0.717) is 0 Å². The minimum Gasteiger partial charge on any atom is -0.335 e. The van der Waals surface area contributed by atoms with Crippen LogP contribution in [0.15, 0.2) is 12.4 Å². The van der Waals surface area contributed by atoms with Gasteiger partial charge in [0.15, 0.2) is 0 Å². The zero-order valence-electron chi connectivity index (χ0n) is 9.86. The number of aryl methyl sites for hydroxylation is 1. The zero-order chi connectivity index (χ0) is 10.8. The van der Waals surface area contributed by atoms with Gasteiger partial charge in [0.1, 0.15) is 5.82 Å². The van der Waals surface area contributed by atoms with Gasteiger partial charge in [0.2, 0.25) is 0 Å². The van der Waals surface area contributed by atoms with Crippen molar-refractivity contribution in [2.75, 3.05) is 13.1 Å². The number of hydrogen-bond donors (Lipinski definition) is 1. The van der Waals surface area contributed by atoms with Crippen LogP contribution >= 0.6 is 0 Å². The molecule has 3 heteroatoms. The van der Waals surface area contributed by atoms with Crippen LogP contribution in [0.3, 0.4) is 0 Å². The van der Waals surface area contributed by atoms with E-state index in [4.69, 9.17) is 0 Å². The number of hydrogen-bond acceptors (Lipinski definition) is 2. The minimum atomic E-state index is 0.781. The van der Waals surface area contributed by atoms with Crippen molar-refractivity contribution in [2.45, 2.75) is 44.6 Å². The molecule has 2 aliphatic rings. The van der Waals surface area contributed by atoms with Gasteiger partial charge in [-0.2, -0.15) is 0 Å². The van der Waals surface area contributed by atoms with Gasteiger partial charge >= 0.3 is 0 Å². The lowest BCUT2D eigenvalue weighted by atomic mass is 9.95. The Kier molecular flexibility index (Phi) is 2.96. The molecule has 0 spiro atoms. The van der Waals surface area contributed by atoms with Crippen LogP contribution in [0.4, 0.5) is 0 Å². The summed E-state index contributed by atoms with van der Waals surface area (Å²) in [7, 11) is 0. The molecule has 0 bridgehead atoms. The highest BCUT2D eigenvalue weighted by molar-refractivity contribution is 5.07. The quantitative estimate of drug-likeness (QED) is 0.841. The lowest BCUT2D eigenvalue weighted by molar-refractivity contribution is 0.336. The SMILES string of the molecule is c1cn(CCC2CCNCC2)c(C2CC2)n1. The molecule has 16 heavy (non-hydrogen) atoms. The van der Waals surface area contributed by atoms with E-state index < -0.39 is 0 Å². The first-order chi connectivity index (χ1) is 7.93. The standard InChI is InChI=1S/C13H21N3/c1-2-12(1)13-15-8-10-16(13)9-5-11-3-6-14-7-4-11/h8,10-12,14H,1-7,9H2. The first-order valence-electron chi connectivity index (χ1n) is 6.65. The van der Waals surface area contributed by atoms with Crippen molar-refractivity contribution in [3.63, 3.8) is 0 Å². The Balaban J connectivity index is 1.54. The third-order valence-electron chi connectivity index (χ3n) is 3.93. The van der Waals surface area contributed by atoms with Gasteiger partial charge in [-0.1, -0.05) is 0 Å². The summed E-state index contributed by atoms with van der Waals surface area (Å²) in [6.45, 7) is 3.60. The van der Waals surface area contributed by atoms with Crippen molar-refractivity contribution in [3.8, 4) is 0 Å². The summed E-state index contributed by atoms with van der Waals surface area (Å²) in [6, 6.07) is 0. The van der Waals surface area contributed by atoms with Crippen LogP contribution in [-0.4, -0.2) is 22.6 Å². The molecule has 0 atom stereocenters. The second-order valence-electron chi connectivity index (χ2n) is 5.24. The van der Waals surface area contributed by atoms with Gasteiger partial charge in [-0.05, 0) is 51.1 Å². The molecule has 0 aromatic carbocycles. The van der Waals surface area contributed by atoms with Gasteiger partial charge in [0, 0.05) is 24.9 Å². The van der Waals surface area contributed by atoms with Crippen molar-refractivity contribution in [2.24, 2.45) is 5.92 Å². The molecule has 2 heterocycles. The second-order valence-corrected chi connectivity index (χ2v) is 5.24. The fraction of sp³-hybridized carbons (Fsp3) is 0.769. The summed E-state index contributed by atoms with van der Waals surface area (Å²) in [6.07, 6.45) is 10.9. The van der Waals surface area contributed by atoms with Crippen molar-refractivity contribution >= 4 is 0 Å². The molecule has 2 fully saturated rings. The molecule has 1 saturated heterocycles. The zero-order valence-corrected chi connectivity index (χ0v) is 9.86. The van der Waals surface area contributed by atoms with Crippen molar-refractivity contribution in [1.82, 2.24) is 14.9 Å². The molecule has 1 aliphatic heterocycles. The monoisotopic (exact) mass is 219 g/mol. The molecule has 0 amide bonds. The maximum absolute atomic E-state index is 4.49. The van der Waals surface area contributed by atoms with Crippen LogP contribution in [0, 0.1) is 5.92 Å². The van der Waals surface area contributed by atoms with E-state index >= 15 is 0 Å². The molecule has 1 aromatic heterocycles. The molecule has 0 unspecified atom stereocenters. The van der Waals surface area contributed by atoms with Gasteiger partial charge in [-0.15, -0.1) is 0 Å². The van der Waals surface area contributed by atoms with Gasteiger partial charge in [-0.25, -0.2) is 4.98 Å². The van der Waals surface area contributed by atoms with Crippen LogP contribution in [0.5, 0.6) is 0 Å². The molecular weight excluding hydrogens is 198 g/mol. The molecule has 1 aromatic rings. The van der Waals surface area contributed by atoms with E-state index in [9.17, 15) is 0 Å². The van der Waals surface area contributed by atoms with E-state index in [0.717, 1.165) is 11.8 Å². The summed E-state index contributed by atoms with van der Waals surface area (Å²) in [5.41, 5.74) is 0. The van der Waals surface area contributed by atoms with Crippen molar-refractivity contribution in [3.05, 3.63) is 18.2 Å². The maximum Gasteiger partial charge on any atom is 0.111 e. The van der Waals surface area contributed by atoms with E-state index in [1.165, 1.54) is 57.6 Å². The van der Waals surface area contributed by atoms with E-state index in [2.05, 4.69) is 21.1 Å². The summed E-state index contributed by atoms with van der Waals surface area (Å²) in [5, 5.41) is 3.43. The predicted octanol–water partition coefficient (Wildman–Crippen LogP) is 2.15. The van der Waals surface area contributed by atoms with Crippen LogP contribution in [-0.2, 0) is 6.54 Å². The average Bonchev–Trinajstić information content (AvgIpc) is 3.07. The summed E-state index contributed by atoms with van der Waals surface area (Å²) in [5.74, 6) is 3.05. The Hall–Kier alpha value is -0.830. The van der Waals surface area contributed by atoms with Crippen molar-refractivity contribution < 1.29 is 0 Å². The second kappa shape index (κ2) is 4.58. The molecule has 88 valence electrons. The van der Waals surface area contributed by atoms with E-state index in [1.54, 1.807) is 0 Å². The van der Waals surface area contributed by atoms with Crippen molar-refractivity contribution in [1.29, 1.82) is 0 Å². The number of imidazole rings is 1. The normalized spacial score (nSPS) is 22.5. The van der Waals surface area contributed by atoms with Gasteiger partial charge in [0.05, 0.1) is 0 Å². The fourth-order valence-electron chi connectivity index (χ4n) is 2.70. The smallest absolute Gasteiger partial charge is 0.111 e. The van der Waals surface area contributed by atoms with Crippen LogP contribution in [0.2, 0.25) is 0 Å². The largest absolute Gasteiger partial charge is 0.335 e. The minimum absolute atomic E-state index is 0.781. The molecule has 1 N–H and O–H groups in total. The molecular formula is C13H21N3. The highest BCUT2D eigenvalue weighted by atomic mass is 15.1. The number of piperidine rings is 1. The highest BCUT2D eigenvalue weighted by Gasteiger charge is 2.27. The lowest BCUT2D eigenvalue weighted by Crippen LogP contribution is -2.28. The third kappa shape index (κ3) is 2.29. The molecule has 0 radical (unpaired) electrons. The van der Waals surface area contributed by atoms with E-state index in [1.807, 2.05) is 6.20 Å². The van der Waals surface area contributed by atoms with Crippen LogP contribution < -0.4 is 5.32 Å². The molecule has 3 rings (SSSR count). The Morgan fingerprint density at radius 3 is 2.81 bits per heavy atom. The van der Waals surface area contributed by atoms with Crippen LogP contribution in [0.25, 0.3) is 0 Å². The molecule has 3 nitrogen and oxygen atoms in total. The number of aromatic nitrogens is 2. The Labute approximate surface area is 97.3 Å². The first kappa shape index (κ1) is 10.3. The fourth-order valence-corrected chi connectivity index (χ4v) is 2.70. The highest BCUT2D eigenvalue weighted by Crippen LogP contribution is 2.39. The summed E-state index contributed by atoms with van der Waals surface area (Å²) >= 11 is 0. The number of nitrogens with one attached hydrogen (secondary N) is 1. The Morgan fingerprint density at radius 1 is 1.25 bits per heavy atom. The topological polar surface area (TPSA) is 29.9 Å². The van der Waals surface area contributed by atoms with Gasteiger partial charge in [-0.3, -0.25) is 0 Å². The number of nitrogens with zero attached hydrogens (tertiary/aromatic N) is 2. The third-order valence-corrected chi connectivity index (χ3v) is 3.93. The average molecular weight is 219 g/mol. The molecule has 1 aliphatic carbocycles. The van der Waals surface area contributed by atoms with E-state index in [-0.39, 0.29) is 0 Å². The molecule has 1 saturated carbocycles. The summed E-state index contributed by atoms with van der Waals surface area (Å²) in [4.78, 5) is 4.49.